The van der Waals surface area contributed by atoms with Crippen molar-refractivity contribution >= 4 is 0 Å². The molecule has 2 rings (SSSR count). The highest BCUT2D eigenvalue weighted by Gasteiger charge is 1.99. The van der Waals surface area contributed by atoms with E-state index >= 15 is 0 Å². The molecule has 0 atom stereocenters. The fraction of sp³-hybridized carbons (Fsp3) is 0. The van der Waals surface area contributed by atoms with E-state index in [0.717, 1.165) is 11.1 Å². The quantitative estimate of drug-likeness (QED) is 0.706. The van der Waals surface area contributed by atoms with Crippen LogP contribution >= 0.6 is 0 Å². The van der Waals surface area contributed by atoms with Crippen LogP contribution in [0.1, 0.15) is 5.56 Å². The number of hydrogen-bond acceptors (Lipinski definition) is 2. The van der Waals surface area contributed by atoms with Crippen LogP contribution in [0, 0.1) is 17.1 Å². The van der Waals surface area contributed by atoms with Crippen molar-refractivity contribution in [3.05, 3.63) is 54.1 Å². The van der Waals surface area contributed by atoms with Crippen LogP contribution in [0.5, 0.6) is 0 Å². The lowest BCUT2D eigenvalue weighted by Crippen LogP contribution is -1.83. The van der Waals surface area contributed by atoms with E-state index in [9.17, 15) is 4.39 Å². The zero-order valence-corrected chi connectivity index (χ0v) is 7.81. The van der Waals surface area contributed by atoms with Crippen molar-refractivity contribution in [2.45, 2.75) is 0 Å². The third-order valence-electron chi connectivity index (χ3n) is 2.04. The van der Waals surface area contributed by atoms with Crippen LogP contribution in [0.15, 0.2) is 42.7 Å². The van der Waals surface area contributed by atoms with Crippen molar-refractivity contribution in [3.63, 3.8) is 0 Å². The van der Waals surface area contributed by atoms with E-state index in [1.807, 2.05) is 6.07 Å². The standard InChI is InChI=1S/C12H7FN2/c13-12-3-1-10(2-4-12)11-5-9(6-14)7-15-8-11/h1-5,7-8H. The molecule has 0 aliphatic heterocycles. The fourth-order valence-corrected chi connectivity index (χ4v) is 1.30. The molecule has 2 aromatic rings. The summed E-state index contributed by atoms with van der Waals surface area (Å²) >= 11 is 0. The molecule has 72 valence electrons. The molecule has 0 radical (unpaired) electrons. The summed E-state index contributed by atoms with van der Waals surface area (Å²) in [5, 5.41) is 8.70. The van der Waals surface area contributed by atoms with Crippen molar-refractivity contribution in [1.29, 1.82) is 5.26 Å². The zero-order valence-electron chi connectivity index (χ0n) is 7.81. The van der Waals surface area contributed by atoms with Gasteiger partial charge in [0.15, 0.2) is 0 Å². The maximum absolute atomic E-state index is 12.7. The molecule has 0 unspecified atom stereocenters. The van der Waals surface area contributed by atoms with Gasteiger partial charge in [-0.25, -0.2) is 4.39 Å². The molecular formula is C12H7FN2. The molecule has 3 heteroatoms. The first-order valence-corrected chi connectivity index (χ1v) is 4.41. The number of hydrogen-bond donors (Lipinski definition) is 0. The fourth-order valence-electron chi connectivity index (χ4n) is 1.30. The maximum atomic E-state index is 12.7. The van der Waals surface area contributed by atoms with Gasteiger partial charge in [-0.15, -0.1) is 0 Å². The van der Waals surface area contributed by atoms with Gasteiger partial charge in [0.2, 0.25) is 0 Å². The van der Waals surface area contributed by atoms with Gasteiger partial charge in [-0.1, -0.05) is 12.1 Å². The Balaban J connectivity index is 2.46. The molecule has 1 heterocycles. The Bertz CT molecular complexity index is 512. The van der Waals surface area contributed by atoms with Gasteiger partial charge in [0, 0.05) is 18.0 Å². The zero-order chi connectivity index (χ0) is 10.7. The van der Waals surface area contributed by atoms with Gasteiger partial charge in [0.1, 0.15) is 11.9 Å². The molecule has 0 aliphatic rings. The van der Waals surface area contributed by atoms with Crippen molar-refractivity contribution in [1.82, 2.24) is 4.98 Å². The Morgan fingerprint density at radius 3 is 2.47 bits per heavy atom. The van der Waals surface area contributed by atoms with Crippen LogP contribution in [0.4, 0.5) is 4.39 Å². The molecule has 0 saturated heterocycles. The van der Waals surface area contributed by atoms with Gasteiger partial charge in [0.25, 0.3) is 0 Å². The minimum Gasteiger partial charge on any atom is -0.263 e. The van der Waals surface area contributed by atoms with E-state index in [1.54, 1.807) is 24.4 Å². The number of halogens is 1. The minimum atomic E-state index is -0.275. The monoisotopic (exact) mass is 198 g/mol. The Morgan fingerprint density at radius 1 is 1.07 bits per heavy atom. The normalized spacial score (nSPS) is 9.60. The topological polar surface area (TPSA) is 36.7 Å². The van der Waals surface area contributed by atoms with Gasteiger partial charge in [0.05, 0.1) is 5.56 Å². The summed E-state index contributed by atoms with van der Waals surface area (Å²) in [4.78, 5) is 3.94. The first-order chi connectivity index (χ1) is 7.29. The van der Waals surface area contributed by atoms with Crippen LogP contribution in [-0.4, -0.2) is 4.98 Å². The number of nitrogens with zero attached hydrogens (tertiary/aromatic N) is 2. The predicted octanol–water partition coefficient (Wildman–Crippen LogP) is 2.76. The third kappa shape index (κ3) is 2.00. The largest absolute Gasteiger partial charge is 0.263 e. The third-order valence-corrected chi connectivity index (χ3v) is 2.04. The first-order valence-electron chi connectivity index (χ1n) is 4.41. The molecule has 0 bridgehead atoms. The highest BCUT2D eigenvalue weighted by atomic mass is 19.1. The summed E-state index contributed by atoms with van der Waals surface area (Å²) < 4.78 is 12.7. The van der Waals surface area contributed by atoms with Gasteiger partial charge in [-0.3, -0.25) is 4.98 Å². The van der Waals surface area contributed by atoms with E-state index < -0.39 is 0 Å². The number of aromatic nitrogens is 1. The van der Waals surface area contributed by atoms with Crippen molar-refractivity contribution in [3.8, 4) is 17.2 Å². The number of rotatable bonds is 1. The summed E-state index contributed by atoms with van der Waals surface area (Å²) in [6, 6.07) is 9.82. The second kappa shape index (κ2) is 3.89. The summed E-state index contributed by atoms with van der Waals surface area (Å²) in [7, 11) is 0. The minimum absolute atomic E-state index is 0.275. The Morgan fingerprint density at radius 2 is 1.80 bits per heavy atom. The molecule has 0 amide bonds. The SMILES string of the molecule is N#Cc1cncc(-c2ccc(F)cc2)c1. The second-order valence-electron chi connectivity index (χ2n) is 3.08. The van der Waals surface area contributed by atoms with Gasteiger partial charge in [-0.05, 0) is 23.8 Å². The maximum Gasteiger partial charge on any atom is 0.123 e. The van der Waals surface area contributed by atoms with E-state index in [2.05, 4.69) is 4.98 Å². The Labute approximate surface area is 86.6 Å². The molecular weight excluding hydrogens is 191 g/mol. The molecule has 0 spiro atoms. The molecule has 2 nitrogen and oxygen atoms in total. The Kier molecular flexibility index (Phi) is 2.42. The van der Waals surface area contributed by atoms with E-state index in [0.29, 0.717) is 5.56 Å². The lowest BCUT2D eigenvalue weighted by Gasteiger charge is -2.00. The first kappa shape index (κ1) is 9.35. The lowest BCUT2D eigenvalue weighted by molar-refractivity contribution is 0.628. The molecule has 0 aliphatic carbocycles. The van der Waals surface area contributed by atoms with Gasteiger partial charge in [-0.2, -0.15) is 5.26 Å². The van der Waals surface area contributed by atoms with Crippen molar-refractivity contribution in [2.24, 2.45) is 0 Å². The summed E-state index contributed by atoms with van der Waals surface area (Å²) in [5.74, 6) is -0.275. The van der Waals surface area contributed by atoms with E-state index in [4.69, 9.17) is 5.26 Å². The van der Waals surface area contributed by atoms with Crippen LogP contribution in [0.3, 0.4) is 0 Å². The molecule has 0 N–H and O–H groups in total. The van der Waals surface area contributed by atoms with Crippen LogP contribution in [0.25, 0.3) is 11.1 Å². The van der Waals surface area contributed by atoms with Crippen molar-refractivity contribution in [2.75, 3.05) is 0 Å². The number of pyridine rings is 1. The van der Waals surface area contributed by atoms with E-state index in [1.165, 1.54) is 18.3 Å². The van der Waals surface area contributed by atoms with Gasteiger partial charge >= 0.3 is 0 Å². The second-order valence-corrected chi connectivity index (χ2v) is 3.08. The molecule has 0 saturated carbocycles. The Hall–Kier alpha value is -2.21. The predicted molar refractivity (Wildman–Crippen MR) is 54.3 cm³/mol. The number of benzene rings is 1. The average molecular weight is 198 g/mol. The molecule has 0 fully saturated rings. The van der Waals surface area contributed by atoms with Crippen LogP contribution in [-0.2, 0) is 0 Å². The molecule has 15 heavy (non-hydrogen) atoms. The van der Waals surface area contributed by atoms with Crippen LogP contribution in [0.2, 0.25) is 0 Å². The highest BCUT2D eigenvalue weighted by Crippen LogP contribution is 2.19. The average Bonchev–Trinajstić information content (AvgIpc) is 2.30. The summed E-state index contributed by atoms with van der Waals surface area (Å²) in [6.07, 6.45) is 3.14. The molecule has 1 aromatic heterocycles. The summed E-state index contributed by atoms with van der Waals surface area (Å²) in [6.45, 7) is 0. The smallest absolute Gasteiger partial charge is 0.123 e. The summed E-state index contributed by atoms with van der Waals surface area (Å²) in [5.41, 5.74) is 2.16. The molecule has 1 aromatic carbocycles. The van der Waals surface area contributed by atoms with Crippen molar-refractivity contribution < 1.29 is 4.39 Å². The number of nitriles is 1. The lowest BCUT2D eigenvalue weighted by atomic mass is 10.1. The van der Waals surface area contributed by atoms with E-state index in [-0.39, 0.29) is 5.82 Å². The van der Waals surface area contributed by atoms with Crippen LogP contribution < -0.4 is 0 Å². The highest BCUT2D eigenvalue weighted by molar-refractivity contribution is 5.63. The van der Waals surface area contributed by atoms with Gasteiger partial charge < -0.3 is 0 Å².